The van der Waals surface area contributed by atoms with Gasteiger partial charge in [0.05, 0.1) is 6.54 Å². The molecule has 6 aromatic rings. The van der Waals surface area contributed by atoms with Crippen LogP contribution in [0.5, 0.6) is 0 Å². The smallest absolute Gasteiger partial charge is 0.247 e. The van der Waals surface area contributed by atoms with Crippen molar-refractivity contribution in [3.05, 3.63) is 112 Å². The second kappa shape index (κ2) is 11.8. The minimum atomic E-state index is -0.994. The average molecular weight is 584 g/mol. The Hall–Kier alpha value is -5.10. The van der Waals surface area contributed by atoms with Crippen LogP contribution >= 0.6 is 11.3 Å². The summed E-state index contributed by atoms with van der Waals surface area (Å²) in [4.78, 5) is 34.9. The van der Waals surface area contributed by atoms with Crippen LogP contribution in [0.15, 0.2) is 88.8 Å². The van der Waals surface area contributed by atoms with Crippen molar-refractivity contribution in [3.8, 4) is 11.6 Å². The number of furan rings is 1. The number of halogens is 1. The molecule has 0 saturated carbocycles. The summed E-state index contributed by atoms with van der Waals surface area (Å²) >= 11 is 1.49. The molecule has 0 bridgehead atoms. The fourth-order valence-electron chi connectivity index (χ4n) is 4.73. The Labute approximate surface area is 243 Å². The van der Waals surface area contributed by atoms with Crippen LogP contribution in [0.1, 0.15) is 27.8 Å². The number of aromatic nitrogens is 5. The number of thiophene rings is 1. The van der Waals surface area contributed by atoms with Gasteiger partial charge < -0.3 is 19.6 Å². The third kappa shape index (κ3) is 5.84. The zero-order valence-electron chi connectivity index (χ0n) is 22.5. The fraction of sp³-hybridized carbons (Fsp3) is 0.167. The number of nitrogens with one attached hydrogen (secondary N) is 2. The molecule has 4 aromatic heterocycles. The van der Waals surface area contributed by atoms with Crippen LogP contribution in [0.3, 0.4) is 0 Å². The Kier molecular flexibility index (Phi) is 7.60. The van der Waals surface area contributed by atoms with Gasteiger partial charge in [0.15, 0.2) is 5.76 Å². The van der Waals surface area contributed by atoms with E-state index >= 15 is 0 Å². The van der Waals surface area contributed by atoms with Crippen LogP contribution in [0.25, 0.3) is 22.5 Å². The summed E-state index contributed by atoms with van der Waals surface area (Å²) in [5, 5.41) is 18.1. The van der Waals surface area contributed by atoms with Gasteiger partial charge in [0.1, 0.15) is 24.2 Å². The first-order valence-corrected chi connectivity index (χ1v) is 14.1. The summed E-state index contributed by atoms with van der Waals surface area (Å²) in [5.74, 6) is 0.279. The molecule has 0 aliphatic carbocycles. The molecule has 0 aliphatic heterocycles. The number of aryl methyl sites for hydroxylation is 1. The molecule has 0 unspecified atom stereocenters. The van der Waals surface area contributed by atoms with Gasteiger partial charge in [0.25, 0.3) is 0 Å². The largest absolute Gasteiger partial charge is 0.458 e. The molecule has 0 radical (unpaired) electrons. The third-order valence-corrected chi connectivity index (χ3v) is 7.63. The summed E-state index contributed by atoms with van der Waals surface area (Å²) in [7, 11) is 0. The zero-order chi connectivity index (χ0) is 29.1. The number of para-hydroxylation sites is 1. The minimum Gasteiger partial charge on any atom is -0.458 e. The first-order chi connectivity index (χ1) is 20.4. The van der Waals surface area contributed by atoms with Crippen LogP contribution in [0.2, 0.25) is 0 Å². The van der Waals surface area contributed by atoms with Crippen molar-refractivity contribution in [1.29, 1.82) is 0 Å². The first kappa shape index (κ1) is 27.1. The maximum Gasteiger partial charge on any atom is 0.247 e. The minimum absolute atomic E-state index is 0.162. The first-order valence-electron chi connectivity index (χ1n) is 13.2. The van der Waals surface area contributed by atoms with Crippen LogP contribution in [-0.4, -0.2) is 41.9 Å². The second-order valence-electron chi connectivity index (χ2n) is 9.69. The molecule has 2 N–H and O–H groups in total. The Morgan fingerprint density at radius 2 is 1.93 bits per heavy atom. The van der Waals surface area contributed by atoms with E-state index in [1.807, 2.05) is 48.7 Å². The summed E-state index contributed by atoms with van der Waals surface area (Å²) in [6.45, 7) is 1.91. The maximum atomic E-state index is 14.0. The Morgan fingerprint density at radius 1 is 1.10 bits per heavy atom. The van der Waals surface area contributed by atoms with Crippen LogP contribution in [0.4, 0.5) is 4.39 Å². The lowest BCUT2D eigenvalue weighted by molar-refractivity contribution is -0.142. The normalized spacial score (nSPS) is 12.0. The average Bonchev–Trinajstić information content (AvgIpc) is 3.81. The zero-order valence-corrected chi connectivity index (χ0v) is 23.3. The highest BCUT2D eigenvalue weighted by Crippen LogP contribution is 2.31. The third-order valence-electron chi connectivity index (χ3n) is 6.77. The lowest BCUT2D eigenvalue weighted by atomic mass is 10.0. The van der Waals surface area contributed by atoms with Crippen molar-refractivity contribution < 1.29 is 18.4 Å². The van der Waals surface area contributed by atoms with Gasteiger partial charge in [-0.2, -0.15) is 4.80 Å². The molecule has 10 nitrogen and oxygen atoms in total. The van der Waals surface area contributed by atoms with E-state index in [1.165, 1.54) is 33.2 Å². The van der Waals surface area contributed by atoms with Gasteiger partial charge in [0.2, 0.25) is 17.6 Å². The molecular weight excluding hydrogens is 557 g/mol. The van der Waals surface area contributed by atoms with Crippen molar-refractivity contribution in [1.82, 2.24) is 35.4 Å². The van der Waals surface area contributed by atoms with Crippen LogP contribution < -0.4 is 5.32 Å². The summed E-state index contributed by atoms with van der Waals surface area (Å²) in [6, 6.07) is 19.9. The van der Waals surface area contributed by atoms with Gasteiger partial charge in [-0.1, -0.05) is 36.4 Å². The predicted octanol–water partition coefficient (Wildman–Crippen LogP) is 5.01. The number of hydrogen-bond acceptors (Lipinski definition) is 7. The Balaban J connectivity index is 1.34. The fourth-order valence-corrected chi connectivity index (χ4v) is 5.43. The van der Waals surface area contributed by atoms with E-state index in [0.29, 0.717) is 17.1 Å². The molecule has 12 heteroatoms. The van der Waals surface area contributed by atoms with E-state index in [0.717, 1.165) is 21.3 Å². The highest BCUT2D eigenvalue weighted by molar-refractivity contribution is 7.09. The number of nitrogens with zero attached hydrogens (tertiary/aromatic N) is 5. The van der Waals surface area contributed by atoms with E-state index in [2.05, 4.69) is 25.7 Å². The molecule has 4 heterocycles. The maximum absolute atomic E-state index is 14.0. The van der Waals surface area contributed by atoms with Crippen LogP contribution in [-0.2, 0) is 29.2 Å². The highest BCUT2D eigenvalue weighted by Gasteiger charge is 2.34. The van der Waals surface area contributed by atoms with Gasteiger partial charge in [-0.3, -0.25) is 9.59 Å². The Morgan fingerprint density at radius 3 is 2.69 bits per heavy atom. The second-order valence-corrected chi connectivity index (χ2v) is 10.7. The molecule has 1 atom stereocenters. The standard InChI is InChI=1S/C30H26FN7O3S/c1-19-8-13-26(41-19)29-34-36-38(35-29)18-27(39)37(17-22-5-4-14-42-22)28(24-16-32-25-7-3-2-6-23(24)25)30(40)33-15-20-9-11-21(31)12-10-20/h2-14,16,28,32H,15,17-18H2,1H3,(H,33,40)/t28-/m0/s1. The lowest BCUT2D eigenvalue weighted by Crippen LogP contribution is -2.44. The summed E-state index contributed by atoms with van der Waals surface area (Å²) in [5.41, 5.74) is 2.21. The van der Waals surface area contributed by atoms with Gasteiger partial charge in [-0.05, 0) is 59.5 Å². The van der Waals surface area contributed by atoms with Gasteiger partial charge in [-0.25, -0.2) is 4.39 Å². The molecule has 0 spiro atoms. The molecule has 2 amide bonds. The number of rotatable bonds is 10. The number of carbonyl (C=O) groups is 2. The van der Waals surface area contributed by atoms with E-state index in [4.69, 9.17) is 4.42 Å². The number of amides is 2. The predicted molar refractivity (Wildman–Crippen MR) is 154 cm³/mol. The van der Waals surface area contributed by atoms with Crippen molar-refractivity contribution in [3.63, 3.8) is 0 Å². The number of aromatic amines is 1. The van der Waals surface area contributed by atoms with E-state index in [1.54, 1.807) is 30.5 Å². The molecular formula is C30H26FN7O3S. The van der Waals surface area contributed by atoms with Crippen molar-refractivity contribution in [2.75, 3.05) is 0 Å². The van der Waals surface area contributed by atoms with Gasteiger partial charge in [0, 0.05) is 34.1 Å². The van der Waals surface area contributed by atoms with Crippen molar-refractivity contribution in [2.45, 2.75) is 32.6 Å². The highest BCUT2D eigenvalue weighted by atomic mass is 32.1. The number of carbonyl (C=O) groups excluding carboxylic acids is 2. The Bertz CT molecular complexity index is 1820. The number of hydrogen-bond donors (Lipinski definition) is 2. The summed E-state index contributed by atoms with van der Waals surface area (Å²) < 4.78 is 19.0. The molecule has 212 valence electrons. The summed E-state index contributed by atoms with van der Waals surface area (Å²) in [6.07, 6.45) is 1.76. The van der Waals surface area contributed by atoms with Crippen molar-refractivity contribution in [2.24, 2.45) is 0 Å². The van der Waals surface area contributed by atoms with Crippen LogP contribution in [0, 0.1) is 12.7 Å². The van der Waals surface area contributed by atoms with Gasteiger partial charge >= 0.3 is 0 Å². The number of tetrazole rings is 1. The SMILES string of the molecule is Cc1ccc(-c2nnn(CC(=O)N(Cc3cccs3)[C@H](C(=O)NCc3ccc(F)cc3)c3c[nH]c4ccccc34)n2)o1. The van der Waals surface area contributed by atoms with Crippen molar-refractivity contribution >= 4 is 34.1 Å². The topological polar surface area (TPSA) is 122 Å². The lowest BCUT2D eigenvalue weighted by Gasteiger charge is -2.30. The molecule has 6 rings (SSSR count). The molecule has 42 heavy (non-hydrogen) atoms. The number of fused-ring (bicyclic) bond motifs is 1. The molecule has 2 aromatic carbocycles. The quantitative estimate of drug-likeness (QED) is 0.234. The van der Waals surface area contributed by atoms with E-state index < -0.39 is 6.04 Å². The van der Waals surface area contributed by atoms with E-state index in [9.17, 15) is 14.0 Å². The molecule has 0 aliphatic rings. The molecule has 0 fully saturated rings. The molecule has 0 saturated heterocycles. The number of benzene rings is 2. The number of H-pyrrole nitrogens is 1. The monoisotopic (exact) mass is 583 g/mol. The van der Waals surface area contributed by atoms with E-state index in [-0.39, 0.29) is 43.1 Å². The van der Waals surface area contributed by atoms with Gasteiger partial charge in [-0.15, -0.1) is 21.5 Å².